The first-order chi connectivity index (χ1) is 12.5. The molecule has 0 aromatic heterocycles. The number of anilines is 2. The van der Waals surface area contributed by atoms with E-state index in [-0.39, 0.29) is 11.7 Å². The topological polar surface area (TPSA) is 99.1 Å². The van der Waals surface area contributed by atoms with Crippen molar-refractivity contribution in [2.24, 2.45) is 5.41 Å². The Labute approximate surface area is 150 Å². The number of Topliss-reactive ketones (excluding diaryl/α,β-unsaturated/α-hetero) is 1. The van der Waals surface area contributed by atoms with Crippen molar-refractivity contribution in [1.82, 2.24) is 0 Å². The minimum Gasteiger partial charge on any atom is -0.325 e. The van der Waals surface area contributed by atoms with Crippen molar-refractivity contribution >= 4 is 29.0 Å². The molecule has 2 N–H and O–H groups in total. The molecule has 0 bridgehead atoms. The zero-order valence-corrected chi connectivity index (χ0v) is 14.2. The highest BCUT2D eigenvalue weighted by Gasteiger charge is 2.56. The summed E-state index contributed by atoms with van der Waals surface area (Å²) in [7, 11) is 0. The Bertz CT molecular complexity index is 922. The predicted molar refractivity (Wildman–Crippen MR) is 96.5 cm³/mol. The van der Waals surface area contributed by atoms with Crippen molar-refractivity contribution in [3.63, 3.8) is 0 Å². The van der Waals surface area contributed by atoms with Gasteiger partial charge in [0.15, 0.2) is 5.78 Å². The molecule has 0 unspecified atom stereocenters. The molecule has 0 saturated heterocycles. The van der Waals surface area contributed by atoms with E-state index >= 15 is 0 Å². The molecule has 1 fully saturated rings. The van der Waals surface area contributed by atoms with Crippen molar-refractivity contribution in [2.45, 2.75) is 19.8 Å². The van der Waals surface area contributed by atoms with E-state index in [4.69, 9.17) is 5.26 Å². The molecule has 6 heteroatoms. The molecule has 1 aliphatic carbocycles. The van der Waals surface area contributed by atoms with Crippen LogP contribution in [0.15, 0.2) is 48.5 Å². The fourth-order valence-electron chi connectivity index (χ4n) is 2.65. The van der Waals surface area contributed by atoms with E-state index in [2.05, 4.69) is 10.6 Å². The van der Waals surface area contributed by atoms with Crippen LogP contribution in [0.25, 0.3) is 0 Å². The molecule has 2 amide bonds. The van der Waals surface area contributed by atoms with E-state index < -0.39 is 11.3 Å². The SMILES string of the molecule is CC(=O)c1ccc(NC(=O)C2(C(=O)Nc3ccccc3C#N)CC2)cc1. The standard InChI is InChI=1S/C20H17N3O3/c1-13(24)14-6-8-16(9-7-14)22-18(25)20(10-11-20)19(26)23-17-5-3-2-4-15(17)12-21/h2-9H,10-11H2,1H3,(H,22,25)(H,23,26). The van der Waals surface area contributed by atoms with E-state index in [9.17, 15) is 14.4 Å². The summed E-state index contributed by atoms with van der Waals surface area (Å²) in [4.78, 5) is 36.5. The third-order valence-corrected chi connectivity index (χ3v) is 4.46. The summed E-state index contributed by atoms with van der Waals surface area (Å²) in [5.41, 5.74) is 0.690. The van der Waals surface area contributed by atoms with Crippen molar-refractivity contribution in [2.75, 3.05) is 10.6 Å². The molecule has 0 radical (unpaired) electrons. The van der Waals surface area contributed by atoms with Gasteiger partial charge in [-0.05, 0) is 56.2 Å². The molecule has 1 saturated carbocycles. The van der Waals surface area contributed by atoms with Crippen molar-refractivity contribution in [3.05, 3.63) is 59.7 Å². The lowest BCUT2D eigenvalue weighted by Crippen LogP contribution is -2.35. The van der Waals surface area contributed by atoms with Crippen molar-refractivity contribution in [1.29, 1.82) is 5.26 Å². The van der Waals surface area contributed by atoms with Crippen LogP contribution >= 0.6 is 0 Å². The predicted octanol–water partition coefficient (Wildman–Crippen LogP) is 3.12. The minimum absolute atomic E-state index is 0.0583. The molecule has 6 nitrogen and oxygen atoms in total. The fourth-order valence-corrected chi connectivity index (χ4v) is 2.65. The third kappa shape index (κ3) is 3.33. The van der Waals surface area contributed by atoms with Gasteiger partial charge in [-0.1, -0.05) is 12.1 Å². The summed E-state index contributed by atoms with van der Waals surface area (Å²) < 4.78 is 0. The van der Waals surface area contributed by atoms with Gasteiger partial charge in [-0.15, -0.1) is 0 Å². The van der Waals surface area contributed by atoms with Crippen LogP contribution in [0.4, 0.5) is 11.4 Å². The zero-order valence-electron chi connectivity index (χ0n) is 14.2. The summed E-state index contributed by atoms with van der Waals surface area (Å²) in [5, 5.41) is 14.5. The third-order valence-electron chi connectivity index (χ3n) is 4.46. The van der Waals surface area contributed by atoms with Gasteiger partial charge in [0.2, 0.25) is 11.8 Å². The van der Waals surface area contributed by atoms with Gasteiger partial charge in [-0.2, -0.15) is 5.26 Å². The van der Waals surface area contributed by atoms with Crippen LogP contribution in [0.1, 0.15) is 35.7 Å². The zero-order chi connectivity index (χ0) is 18.7. The van der Waals surface area contributed by atoms with Crippen LogP contribution in [0, 0.1) is 16.7 Å². The molecule has 2 aromatic rings. The minimum atomic E-state index is -1.12. The Kier molecular flexibility index (Phi) is 4.55. The summed E-state index contributed by atoms with van der Waals surface area (Å²) >= 11 is 0. The van der Waals surface area contributed by atoms with Gasteiger partial charge < -0.3 is 10.6 Å². The molecular weight excluding hydrogens is 330 g/mol. The van der Waals surface area contributed by atoms with Crippen LogP contribution in [0.2, 0.25) is 0 Å². The molecule has 0 heterocycles. The largest absolute Gasteiger partial charge is 0.325 e. The van der Waals surface area contributed by atoms with E-state index in [0.29, 0.717) is 35.3 Å². The second-order valence-corrected chi connectivity index (χ2v) is 6.28. The highest BCUT2D eigenvalue weighted by molar-refractivity contribution is 6.17. The number of hydrogen-bond donors (Lipinski definition) is 2. The quantitative estimate of drug-likeness (QED) is 0.641. The lowest BCUT2D eigenvalue weighted by molar-refractivity contribution is -0.131. The number of carbonyl (C=O) groups is 3. The number of nitrogens with one attached hydrogen (secondary N) is 2. The summed E-state index contributed by atoms with van der Waals surface area (Å²) in [6.07, 6.45) is 0.899. The average molecular weight is 347 g/mol. The van der Waals surface area contributed by atoms with Crippen molar-refractivity contribution < 1.29 is 14.4 Å². The number of benzene rings is 2. The van der Waals surface area contributed by atoms with Gasteiger partial charge >= 0.3 is 0 Å². The molecule has 130 valence electrons. The molecule has 26 heavy (non-hydrogen) atoms. The fraction of sp³-hybridized carbons (Fsp3) is 0.200. The first-order valence-electron chi connectivity index (χ1n) is 8.19. The number of ketones is 1. The smallest absolute Gasteiger partial charge is 0.240 e. The van der Waals surface area contributed by atoms with Crippen LogP contribution in [-0.2, 0) is 9.59 Å². The maximum Gasteiger partial charge on any atom is 0.240 e. The number of nitrogens with zero attached hydrogens (tertiary/aromatic N) is 1. The van der Waals surface area contributed by atoms with Gasteiger partial charge in [0.25, 0.3) is 0 Å². The average Bonchev–Trinajstić information content (AvgIpc) is 3.44. The lowest BCUT2D eigenvalue weighted by Gasteiger charge is -2.16. The second-order valence-electron chi connectivity index (χ2n) is 6.28. The monoisotopic (exact) mass is 347 g/mol. The maximum atomic E-state index is 12.6. The lowest BCUT2D eigenvalue weighted by atomic mass is 10.0. The van der Waals surface area contributed by atoms with Gasteiger partial charge in [-0.3, -0.25) is 14.4 Å². The number of para-hydroxylation sites is 1. The van der Waals surface area contributed by atoms with E-state index in [0.717, 1.165) is 0 Å². The maximum absolute atomic E-state index is 12.6. The molecule has 1 aliphatic rings. The Hall–Kier alpha value is -3.46. The summed E-state index contributed by atoms with van der Waals surface area (Å²) in [6.45, 7) is 1.47. The van der Waals surface area contributed by atoms with Gasteiger partial charge in [0.1, 0.15) is 11.5 Å². The molecular formula is C20H17N3O3. The Morgan fingerprint density at radius 2 is 1.58 bits per heavy atom. The Balaban J connectivity index is 1.71. The molecule has 3 rings (SSSR count). The van der Waals surface area contributed by atoms with Crippen LogP contribution in [-0.4, -0.2) is 17.6 Å². The molecule has 0 aliphatic heterocycles. The Morgan fingerprint density at radius 1 is 0.962 bits per heavy atom. The number of hydrogen-bond acceptors (Lipinski definition) is 4. The first-order valence-corrected chi connectivity index (χ1v) is 8.19. The van der Waals surface area contributed by atoms with E-state index in [1.807, 2.05) is 6.07 Å². The number of amides is 2. The highest BCUT2D eigenvalue weighted by Crippen LogP contribution is 2.47. The molecule has 0 spiro atoms. The van der Waals surface area contributed by atoms with Gasteiger partial charge in [0, 0.05) is 11.3 Å². The normalized spacial score (nSPS) is 14.0. The molecule has 2 aromatic carbocycles. The number of nitriles is 1. The first kappa shape index (κ1) is 17.4. The van der Waals surface area contributed by atoms with Gasteiger partial charge in [-0.25, -0.2) is 0 Å². The second kappa shape index (κ2) is 6.81. The highest BCUT2D eigenvalue weighted by atomic mass is 16.2. The molecule has 0 atom stereocenters. The van der Waals surface area contributed by atoms with Crippen LogP contribution in [0.3, 0.4) is 0 Å². The van der Waals surface area contributed by atoms with Gasteiger partial charge in [0.05, 0.1) is 11.3 Å². The van der Waals surface area contributed by atoms with Crippen LogP contribution < -0.4 is 10.6 Å². The Morgan fingerprint density at radius 3 is 2.15 bits per heavy atom. The van der Waals surface area contributed by atoms with E-state index in [1.165, 1.54) is 6.92 Å². The number of rotatable bonds is 5. The summed E-state index contributed by atoms with van der Waals surface area (Å²) in [6, 6.07) is 15.2. The number of carbonyl (C=O) groups excluding carboxylic acids is 3. The van der Waals surface area contributed by atoms with E-state index in [1.54, 1.807) is 48.5 Å². The van der Waals surface area contributed by atoms with Crippen molar-refractivity contribution in [3.8, 4) is 6.07 Å². The van der Waals surface area contributed by atoms with Crippen LogP contribution in [0.5, 0.6) is 0 Å². The summed E-state index contributed by atoms with van der Waals surface area (Å²) in [5.74, 6) is -0.866.